The first-order valence-electron chi connectivity index (χ1n) is 9.05. The highest BCUT2D eigenvalue weighted by Crippen LogP contribution is 2.49. The van der Waals surface area contributed by atoms with E-state index >= 15 is 0 Å². The van der Waals surface area contributed by atoms with Crippen molar-refractivity contribution >= 4 is 19.5 Å². The van der Waals surface area contributed by atoms with E-state index in [-0.39, 0.29) is 11.2 Å². The van der Waals surface area contributed by atoms with E-state index in [2.05, 4.69) is 36.2 Å². The summed E-state index contributed by atoms with van der Waals surface area (Å²) in [7, 11) is 2.64. The van der Waals surface area contributed by atoms with E-state index < -0.39 is 8.60 Å². The van der Waals surface area contributed by atoms with Gasteiger partial charge in [-0.15, -0.1) is 0 Å². The van der Waals surface area contributed by atoms with Gasteiger partial charge in [-0.3, -0.25) is 9.05 Å². The lowest BCUT2D eigenvalue weighted by Gasteiger charge is -2.30. The Labute approximate surface area is 159 Å². The molecule has 0 aliphatic heterocycles. The second-order valence-electron chi connectivity index (χ2n) is 8.77. The van der Waals surface area contributed by atoms with Crippen LogP contribution in [0.15, 0.2) is 24.4 Å². The first kappa shape index (κ1) is 21.2. The van der Waals surface area contributed by atoms with Crippen LogP contribution in [0.5, 0.6) is 5.75 Å². The van der Waals surface area contributed by atoms with E-state index in [0.717, 1.165) is 29.6 Å². The lowest BCUT2D eigenvalue weighted by atomic mass is 10.1. The highest BCUT2D eigenvalue weighted by molar-refractivity contribution is 7.42. The molecule has 2 aromatic rings. The zero-order valence-corrected chi connectivity index (χ0v) is 18.2. The summed E-state index contributed by atoms with van der Waals surface area (Å²) in [6, 6.07) is 6.05. The number of H-pyrrole nitrogens is 1. The average molecular weight is 380 g/mol. The summed E-state index contributed by atoms with van der Waals surface area (Å²) in [5, 5.41) is 1.11. The average Bonchev–Trinajstić information content (AvgIpc) is 2.85. The second-order valence-corrected chi connectivity index (χ2v) is 9.76. The molecule has 0 aliphatic rings. The van der Waals surface area contributed by atoms with Crippen LogP contribution < -0.4 is 4.52 Å². The molecule has 0 saturated heterocycles. The molecule has 0 amide bonds. The van der Waals surface area contributed by atoms with Crippen molar-refractivity contribution in [3.05, 3.63) is 30.0 Å². The third kappa shape index (κ3) is 6.55. The smallest absolute Gasteiger partial charge is 0.398 e. The zero-order valence-electron chi connectivity index (χ0n) is 17.3. The number of nitrogens with zero attached hydrogens (tertiary/aromatic N) is 1. The number of rotatable bonds is 7. The number of nitrogens with one attached hydrogen (secondary N) is 1. The Hall–Kier alpha value is -1.13. The van der Waals surface area contributed by atoms with Gasteiger partial charge in [0.15, 0.2) is 0 Å². The van der Waals surface area contributed by atoms with Crippen molar-refractivity contribution in [1.82, 2.24) is 9.88 Å². The van der Waals surface area contributed by atoms with E-state index in [0.29, 0.717) is 0 Å². The predicted molar refractivity (Wildman–Crippen MR) is 110 cm³/mol. The van der Waals surface area contributed by atoms with Crippen molar-refractivity contribution in [3.63, 3.8) is 0 Å². The minimum Gasteiger partial charge on any atom is -0.426 e. The van der Waals surface area contributed by atoms with Crippen LogP contribution >= 0.6 is 8.60 Å². The fourth-order valence-electron chi connectivity index (χ4n) is 2.42. The summed E-state index contributed by atoms with van der Waals surface area (Å²) in [6.45, 7) is 13.0. The molecule has 26 heavy (non-hydrogen) atoms. The Morgan fingerprint density at radius 3 is 2.15 bits per heavy atom. The van der Waals surface area contributed by atoms with E-state index in [1.54, 1.807) is 0 Å². The Balaban J connectivity index is 2.32. The second kappa shape index (κ2) is 8.26. The fraction of sp³-hybridized carbons (Fsp3) is 0.600. The molecule has 1 aromatic carbocycles. The van der Waals surface area contributed by atoms with Gasteiger partial charge in [0.2, 0.25) is 0 Å². The molecule has 0 spiro atoms. The molecule has 0 saturated carbocycles. The zero-order chi connectivity index (χ0) is 19.5. The van der Waals surface area contributed by atoms with Gasteiger partial charge in [-0.1, -0.05) is 6.07 Å². The first-order chi connectivity index (χ1) is 11.9. The molecule has 0 fully saturated rings. The Kier molecular flexibility index (Phi) is 6.73. The molecule has 0 bridgehead atoms. The van der Waals surface area contributed by atoms with Gasteiger partial charge < -0.3 is 14.4 Å². The summed E-state index contributed by atoms with van der Waals surface area (Å²) in [5.74, 6) is 0.803. The van der Waals surface area contributed by atoms with Crippen molar-refractivity contribution < 1.29 is 13.6 Å². The molecule has 1 N–H and O–H groups in total. The van der Waals surface area contributed by atoms with Gasteiger partial charge in [0.05, 0.1) is 11.2 Å². The molecular weight excluding hydrogens is 347 g/mol. The molecule has 0 radical (unpaired) electrons. The monoisotopic (exact) mass is 380 g/mol. The predicted octanol–water partition coefficient (Wildman–Crippen LogP) is 5.51. The molecule has 2 rings (SSSR count). The topological polar surface area (TPSA) is 46.7 Å². The number of aromatic nitrogens is 1. The number of hydrogen-bond donors (Lipinski definition) is 1. The maximum atomic E-state index is 6.27. The van der Waals surface area contributed by atoms with Gasteiger partial charge in [-0.2, -0.15) is 0 Å². The van der Waals surface area contributed by atoms with Crippen LogP contribution in [0.3, 0.4) is 0 Å². The normalized spacial score (nSPS) is 13.2. The summed E-state index contributed by atoms with van der Waals surface area (Å²) >= 11 is 0. The fourth-order valence-corrected chi connectivity index (χ4v) is 3.74. The molecule has 0 aliphatic carbocycles. The third-order valence-electron chi connectivity index (χ3n) is 3.45. The summed E-state index contributed by atoms with van der Waals surface area (Å²) in [6.07, 6.45) is 3.02. The van der Waals surface area contributed by atoms with E-state index in [1.165, 1.54) is 5.56 Å². The van der Waals surface area contributed by atoms with E-state index in [4.69, 9.17) is 13.6 Å². The molecule has 0 unspecified atom stereocenters. The van der Waals surface area contributed by atoms with Gasteiger partial charge in [-0.25, -0.2) is 0 Å². The number of benzene rings is 1. The number of fused-ring (bicyclic) bond motifs is 1. The first-order valence-corrected chi connectivity index (χ1v) is 10.1. The number of hydrogen-bond acceptors (Lipinski definition) is 4. The molecule has 1 heterocycles. The van der Waals surface area contributed by atoms with Crippen LogP contribution in [0.2, 0.25) is 0 Å². The highest BCUT2D eigenvalue weighted by atomic mass is 31.2. The lowest BCUT2D eigenvalue weighted by Crippen LogP contribution is -2.23. The Bertz CT molecular complexity index is 698. The van der Waals surface area contributed by atoms with E-state index in [1.807, 2.05) is 53.7 Å². The van der Waals surface area contributed by atoms with Crippen LogP contribution in [0.4, 0.5) is 0 Å². The largest absolute Gasteiger partial charge is 0.426 e. The standard InChI is InChI=1S/C20H33N2O3P/c1-19(2,3)24-26(25-20(4,5)6)23-17-11-9-10-16-18(17)15(14-21-16)12-13-22(7)8/h9-11,14,21H,12-13H2,1-8H3. The minimum atomic E-state index is -1.53. The molecule has 146 valence electrons. The van der Waals surface area contributed by atoms with E-state index in [9.17, 15) is 0 Å². The highest BCUT2D eigenvalue weighted by Gasteiger charge is 2.29. The van der Waals surface area contributed by atoms with Crippen LogP contribution in [0.25, 0.3) is 10.9 Å². The van der Waals surface area contributed by atoms with Crippen LogP contribution in [-0.4, -0.2) is 41.7 Å². The SMILES string of the molecule is CN(C)CCc1c[nH]c2cccc(OP(OC(C)(C)C)OC(C)(C)C)c12. The maximum absolute atomic E-state index is 6.27. The van der Waals surface area contributed by atoms with Crippen molar-refractivity contribution in [1.29, 1.82) is 0 Å². The molecule has 1 aromatic heterocycles. The molecule has 6 heteroatoms. The summed E-state index contributed by atoms with van der Waals surface area (Å²) in [4.78, 5) is 5.53. The van der Waals surface area contributed by atoms with Gasteiger partial charge in [0.1, 0.15) is 5.75 Å². The number of aromatic amines is 1. The Morgan fingerprint density at radius 1 is 1.00 bits per heavy atom. The van der Waals surface area contributed by atoms with Crippen molar-refractivity contribution in [2.45, 2.75) is 59.2 Å². The van der Waals surface area contributed by atoms with Gasteiger partial charge in [0, 0.05) is 23.6 Å². The molecule has 0 atom stereocenters. The van der Waals surface area contributed by atoms with Gasteiger partial charge in [0.25, 0.3) is 0 Å². The summed E-state index contributed by atoms with van der Waals surface area (Å²) < 4.78 is 18.4. The van der Waals surface area contributed by atoms with Gasteiger partial charge in [-0.05, 0) is 79.8 Å². The summed E-state index contributed by atoms with van der Waals surface area (Å²) in [5.41, 5.74) is 1.61. The molecule has 5 nitrogen and oxygen atoms in total. The van der Waals surface area contributed by atoms with Crippen molar-refractivity contribution in [2.75, 3.05) is 20.6 Å². The number of likely N-dealkylation sites (N-methyl/N-ethyl adjacent to an activating group) is 1. The van der Waals surface area contributed by atoms with Crippen molar-refractivity contribution in [2.24, 2.45) is 0 Å². The minimum absolute atomic E-state index is 0.350. The van der Waals surface area contributed by atoms with Crippen molar-refractivity contribution in [3.8, 4) is 5.75 Å². The lowest BCUT2D eigenvalue weighted by molar-refractivity contribution is 0.0506. The maximum Gasteiger partial charge on any atom is 0.398 e. The van der Waals surface area contributed by atoms with Crippen LogP contribution in [0.1, 0.15) is 47.1 Å². The quantitative estimate of drug-likeness (QED) is 0.644. The van der Waals surface area contributed by atoms with Crippen LogP contribution in [0, 0.1) is 0 Å². The third-order valence-corrected chi connectivity index (χ3v) is 5.19. The van der Waals surface area contributed by atoms with Crippen LogP contribution in [-0.2, 0) is 15.5 Å². The molecular formula is C20H33N2O3P. The Morgan fingerprint density at radius 2 is 1.62 bits per heavy atom. The van der Waals surface area contributed by atoms with Gasteiger partial charge >= 0.3 is 8.60 Å².